The molecule has 0 bridgehead atoms. The lowest BCUT2D eigenvalue weighted by atomic mass is 10.1. The monoisotopic (exact) mass is 266 g/mol. The lowest BCUT2D eigenvalue weighted by Gasteiger charge is -2.13. The van der Waals surface area contributed by atoms with E-state index in [0.29, 0.717) is 10.8 Å². The van der Waals surface area contributed by atoms with E-state index < -0.39 is 10.1 Å². The quantitative estimate of drug-likeness (QED) is 0.582. The Labute approximate surface area is 105 Å². The molecule has 18 heavy (non-hydrogen) atoms. The lowest BCUT2D eigenvalue weighted by Crippen LogP contribution is -2.25. The highest BCUT2D eigenvalue weighted by molar-refractivity contribution is 7.86. The third kappa shape index (κ3) is 2.45. The van der Waals surface area contributed by atoms with E-state index in [0.717, 1.165) is 5.69 Å². The van der Waals surface area contributed by atoms with E-state index in [-0.39, 0.29) is 11.1 Å². The molecule has 96 valence electrons. The number of rotatable bonds is 3. The van der Waals surface area contributed by atoms with Gasteiger partial charge < -0.3 is 11.1 Å². The predicted octanol–water partition coefficient (Wildman–Crippen LogP) is 1.80. The Hall–Kier alpha value is -1.63. The van der Waals surface area contributed by atoms with Crippen LogP contribution in [0.4, 0.5) is 5.69 Å². The highest BCUT2D eigenvalue weighted by Gasteiger charge is 2.14. The summed E-state index contributed by atoms with van der Waals surface area (Å²) in [6.07, 6.45) is -0.259. The molecule has 2 aromatic rings. The number of nitrogens with one attached hydrogen (secondary N) is 1. The first-order chi connectivity index (χ1) is 8.39. The highest BCUT2D eigenvalue weighted by atomic mass is 32.2. The van der Waals surface area contributed by atoms with Crippen molar-refractivity contribution in [1.29, 1.82) is 0 Å². The second-order valence-corrected chi connectivity index (χ2v) is 5.45. The van der Waals surface area contributed by atoms with Gasteiger partial charge in [0, 0.05) is 16.5 Å². The molecule has 0 aliphatic heterocycles. The molecule has 2 aromatic carbocycles. The second-order valence-electron chi connectivity index (χ2n) is 4.06. The molecule has 0 fully saturated rings. The van der Waals surface area contributed by atoms with Crippen LogP contribution in [0.25, 0.3) is 10.8 Å². The summed E-state index contributed by atoms with van der Waals surface area (Å²) in [5, 5.41) is 4.19. The molecule has 2 rings (SSSR count). The number of hydrogen-bond donors (Lipinski definition) is 3. The zero-order valence-corrected chi connectivity index (χ0v) is 10.6. The summed E-state index contributed by atoms with van der Waals surface area (Å²) in [4.78, 5) is -0.103. The lowest BCUT2D eigenvalue weighted by molar-refractivity contribution is 0.484. The summed E-state index contributed by atoms with van der Waals surface area (Å²) in [6.45, 7) is 1.78. The van der Waals surface area contributed by atoms with Gasteiger partial charge in [0.25, 0.3) is 10.1 Å². The van der Waals surface area contributed by atoms with Gasteiger partial charge in [-0.2, -0.15) is 8.42 Å². The van der Waals surface area contributed by atoms with Crippen LogP contribution in [0.15, 0.2) is 41.3 Å². The Morgan fingerprint density at radius 3 is 2.39 bits per heavy atom. The number of nitrogens with two attached hydrogens (primary N) is 1. The molecule has 0 aliphatic carbocycles. The van der Waals surface area contributed by atoms with Crippen molar-refractivity contribution < 1.29 is 13.0 Å². The van der Waals surface area contributed by atoms with Crippen molar-refractivity contribution in [2.75, 3.05) is 5.32 Å². The molecule has 0 saturated carbocycles. The van der Waals surface area contributed by atoms with E-state index in [1.54, 1.807) is 37.3 Å². The van der Waals surface area contributed by atoms with Crippen LogP contribution in [0.2, 0.25) is 0 Å². The van der Waals surface area contributed by atoms with Crippen molar-refractivity contribution in [2.45, 2.75) is 18.0 Å². The van der Waals surface area contributed by atoms with Gasteiger partial charge in [-0.3, -0.25) is 4.55 Å². The largest absolute Gasteiger partial charge is 0.370 e. The summed E-state index contributed by atoms with van der Waals surface area (Å²) in [5.74, 6) is 0. The molecule has 0 amide bonds. The molecular formula is C12H14N2O3S. The maximum atomic E-state index is 11.3. The van der Waals surface area contributed by atoms with Crippen molar-refractivity contribution in [1.82, 2.24) is 0 Å². The first-order valence-corrected chi connectivity index (χ1v) is 6.85. The molecule has 0 aromatic heterocycles. The van der Waals surface area contributed by atoms with Crippen LogP contribution in [-0.2, 0) is 10.1 Å². The van der Waals surface area contributed by atoms with Crippen LogP contribution in [0.3, 0.4) is 0 Å². The van der Waals surface area contributed by atoms with Gasteiger partial charge in [0.2, 0.25) is 0 Å². The first-order valence-electron chi connectivity index (χ1n) is 5.41. The van der Waals surface area contributed by atoms with Gasteiger partial charge >= 0.3 is 0 Å². The Balaban J connectivity index is 2.73. The van der Waals surface area contributed by atoms with E-state index in [1.165, 1.54) is 6.07 Å². The molecular weight excluding hydrogens is 252 g/mol. The number of anilines is 1. The normalized spacial score (nSPS) is 13.5. The van der Waals surface area contributed by atoms with Gasteiger partial charge in [0.15, 0.2) is 0 Å². The van der Waals surface area contributed by atoms with E-state index in [4.69, 9.17) is 5.73 Å². The van der Waals surface area contributed by atoms with E-state index >= 15 is 0 Å². The molecule has 5 nitrogen and oxygen atoms in total. The van der Waals surface area contributed by atoms with Crippen LogP contribution in [-0.4, -0.2) is 19.1 Å². The Morgan fingerprint density at radius 1 is 1.17 bits per heavy atom. The molecule has 0 spiro atoms. The van der Waals surface area contributed by atoms with E-state index in [2.05, 4.69) is 5.32 Å². The summed E-state index contributed by atoms with van der Waals surface area (Å²) in [7, 11) is -4.23. The summed E-state index contributed by atoms with van der Waals surface area (Å²) >= 11 is 0. The molecule has 0 heterocycles. The molecule has 0 saturated heterocycles. The standard InChI is InChI=1S/C12H14N2O3S/c1-8(13)14-11-6-2-5-10-9(11)4-3-7-12(10)18(15,16)17/h2-8,14H,13H2,1H3,(H,15,16,17). The third-order valence-electron chi connectivity index (χ3n) is 2.54. The third-order valence-corrected chi connectivity index (χ3v) is 3.45. The molecule has 6 heteroatoms. The minimum absolute atomic E-state index is 0.103. The van der Waals surface area contributed by atoms with Gasteiger partial charge in [0.1, 0.15) is 4.90 Å². The Bertz CT molecular complexity index is 681. The fraction of sp³-hybridized carbons (Fsp3) is 0.167. The topological polar surface area (TPSA) is 92.4 Å². The number of hydrogen-bond acceptors (Lipinski definition) is 4. The minimum Gasteiger partial charge on any atom is -0.370 e. The molecule has 0 aliphatic rings. The van der Waals surface area contributed by atoms with Crippen molar-refractivity contribution >= 4 is 26.6 Å². The SMILES string of the molecule is CC(N)Nc1cccc2c(S(=O)(=O)O)cccc12. The highest BCUT2D eigenvalue weighted by Crippen LogP contribution is 2.28. The van der Waals surface area contributed by atoms with Crippen molar-refractivity contribution in [3.8, 4) is 0 Å². The maximum absolute atomic E-state index is 11.3. The van der Waals surface area contributed by atoms with Crippen molar-refractivity contribution in [3.05, 3.63) is 36.4 Å². The average molecular weight is 266 g/mol. The Morgan fingerprint density at radius 2 is 1.78 bits per heavy atom. The van der Waals surface area contributed by atoms with Gasteiger partial charge in [-0.05, 0) is 19.1 Å². The van der Waals surface area contributed by atoms with Gasteiger partial charge in [-0.25, -0.2) is 0 Å². The van der Waals surface area contributed by atoms with E-state index in [9.17, 15) is 13.0 Å². The number of fused-ring (bicyclic) bond motifs is 1. The zero-order chi connectivity index (χ0) is 13.3. The Kier molecular flexibility index (Phi) is 3.25. The smallest absolute Gasteiger partial charge is 0.295 e. The maximum Gasteiger partial charge on any atom is 0.295 e. The molecule has 4 N–H and O–H groups in total. The summed E-state index contributed by atoms with van der Waals surface area (Å²) in [5.41, 5.74) is 6.39. The van der Waals surface area contributed by atoms with Crippen LogP contribution >= 0.6 is 0 Å². The van der Waals surface area contributed by atoms with Crippen LogP contribution in [0, 0.1) is 0 Å². The van der Waals surface area contributed by atoms with Gasteiger partial charge in [0.05, 0.1) is 6.17 Å². The number of benzene rings is 2. The average Bonchev–Trinajstić information content (AvgIpc) is 2.26. The fourth-order valence-corrected chi connectivity index (χ4v) is 2.58. The van der Waals surface area contributed by atoms with Crippen molar-refractivity contribution in [3.63, 3.8) is 0 Å². The first kappa shape index (κ1) is 12.8. The predicted molar refractivity (Wildman–Crippen MR) is 71.0 cm³/mol. The fourth-order valence-electron chi connectivity index (χ4n) is 1.88. The van der Waals surface area contributed by atoms with Gasteiger partial charge in [-0.1, -0.05) is 24.3 Å². The van der Waals surface area contributed by atoms with Crippen molar-refractivity contribution in [2.24, 2.45) is 5.73 Å². The van der Waals surface area contributed by atoms with Gasteiger partial charge in [-0.15, -0.1) is 0 Å². The minimum atomic E-state index is -4.23. The van der Waals surface area contributed by atoms with E-state index in [1.807, 2.05) is 0 Å². The molecule has 1 atom stereocenters. The summed E-state index contributed by atoms with van der Waals surface area (Å²) < 4.78 is 31.8. The van der Waals surface area contributed by atoms with Crippen LogP contribution in [0.5, 0.6) is 0 Å². The van der Waals surface area contributed by atoms with Crippen LogP contribution < -0.4 is 11.1 Å². The summed E-state index contributed by atoms with van der Waals surface area (Å²) in [6, 6.07) is 9.88. The zero-order valence-electron chi connectivity index (χ0n) is 9.79. The molecule has 1 unspecified atom stereocenters. The van der Waals surface area contributed by atoms with Crippen LogP contribution in [0.1, 0.15) is 6.92 Å². The second kappa shape index (κ2) is 4.56. The molecule has 0 radical (unpaired) electrons.